The lowest BCUT2D eigenvalue weighted by molar-refractivity contribution is -0.140. The van der Waals surface area contributed by atoms with E-state index in [0.29, 0.717) is 6.42 Å². The third-order valence-electron chi connectivity index (χ3n) is 3.84. The van der Waals surface area contributed by atoms with Crippen LogP contribution in [0.3, 0.4) is 0 Å². The number of amides is 1. The Kier molecular flexibility index (Phi) is 2.77. The maximum atomic E-state index is 13.1. The Hall–Kier alpha value is -1.91. The molecule has 19 heavy (non-hydrogen) atoms. The predicted octanol–water partition coefficient (Wildman–Crippen LogP) is 1.52. The molecule has 0 bridgehead atoms. The number of rotatable bonds is 4. The average molecular weight is 263 g/mol. The van der Waals surface area contributed by atoms with Gasteiger partial charge in [0.15, 0.2) is 0 Å². The standard InChI is InChI=1S/C14H14FNO3/c15-8-3-1-2-7(4-8)9-6-12(9)16-13(17)10-5-11(10)14(18)19/h1-4,9-12H,5-6H2,(H,16,17)(H,18,19). The van der Waals surface area contributed by atoms with Crippen molar-refractivity contribution in [3.63, 3.8) is 0 Å². The van der Waals surface area contributed by atoms with Crippen LogP contribution in [0.2, 0.25) is 0 Å². The summed E-state index contributed by atoms with van der Waals surface area (Å²) in [7, 11) is 0. The van der Waals surface area contributed by atoms with Gasteiger partial charge in [0, 0.05) is 12.0 Å². The van der Waals surface area contributed by atoms with Crippen LogP contribution in [-0.4, -0.2) is 23.0 Å². The minimum absolute atomic E-state index is 0.0179. The molecule has 1 aromatic carbocycles. The van der Waals surface area contributed by atoms with Crippen LogP contribution in [0.25, 0.3) is 0 Å². The second kappa shape index (κ2) is 4.33. The smallest absolute Gasteiger partial charge is 0.307 e. The fourth-order valence-electron chi connectivity index (χ4n) is 2.51. The van der Waals surface area contributed by atoms with E-state index in [1.54, 1.807) is 6.07 Å². The average Bonchev–Trinajstić information content (AvgIpc) is 3.23. The summed E-state index contributed by atoms with van der Waals surface area (Å²) in [6.07, 6.45) is 1.22. The Morgan fingerprint density at radius 2 is 2.05 bits per heavy atom. The summed E-state index contributed by atoms with van der Waals surface area (Å²) in [5, 5.41) is 11.6. The normalized spacial score (nSPS) is 31.6. The first-order valence-corrected chi connectivity index (χ1v) is 6.35. The molecule has 4 atom stereocenters. The molecule has 0 spiro atoms. The highest BCUT2D eigenvalue weighted by Gasteiger charge is 2.50. The molecule has 4 nitrogen and oxygen atoms in total. The number of hydrogen-bond acceptors (Lipinski definition) is 2. The van der Waals surface area contributed by atoms with Crippen LogP contribution in [0.5, 0.6) is 0 Å². The van der Waals surface area contributed by atoms with Gasteiger partial charge >= 0.3 is 5.97 Å². The van der Waals surface area contributed by atoms with Crippen molar-refractivity contribution < 1.29 is 19.1 Å². The summed E-state index contributed by atoms with van der Waals surface area (Å²) in [4.78, 5) is 22.4. The predicted molar refractivity (Wildman–Crippen MR) is 64.9 cm³/mol. The van der Waals surface area contributed by atoms with Crippen molar-refractivity contribution in [2.45, 2.75) is 24.8 Å². The Labute approximate surface area is 109 Å². The fraction of sp³-hybridized carbons (Fsp3) is 0.429. The van der Waals surface area contributed by atoms with E-state index in [2.05, 4.69) is 5.32 Å². The van der Waals surface area contributed by atoms with Gasteiger partial charge in [0.05, 0.1) is 11.8 Å². The van der Waals surface area contributed by atoms with E-state index in [9.17, 15) is 14.0 Å². The van der Waals surface area contributed by atoms with Crippen molar-refractivity contribution in [1.29, 1.82) is 0 Å². The highest BCUT2D eigenvalue weighted by molar-refractivity contribution is 5.89. The van der Waals surface area contributed by atoms with Crippen LogP contribution in [0.15, 0.2) is 24.3 Å². The maximum absolute atomic E-state index is 13.1. The van der Waals surface area contributed by atoms with E-state index >= 15 is 0 Å². The van der Waals surface area contributed by atoms with Crippen molar-refractivity contribution in [2.75, 3.05) is 0 Å². The zero-order chi connectivity index (χ0) is 13.6. The molecule has 2 fully saturated rings. The van der Waals surface area contributed by atoms with Crippen molar-refractivity contribution in [3.05, 3.63) is 35.6 Å². The fourth-order valence-corrected chi connectivity index (χ4v) is 2.51. The molecule has 0 radical (unpaired) electrons. The topological polar surface area (TPSA) is 66.4 Å². The molecule has 0 aromatic heterocycles. The Morgan fingerprint density at radius 1 is 1.26 bits per heavy atom. The van der Waals surface area contributed by atoms with Gasteiger partial charge in [-0.05, 0) is 30.5 Å². The number of halogens is 1. The molecule has 3 rings (SSSR count). The Bertz CT molecular complexity index is 545. The van der Waals surface area contributed by atoms with Crippen molar-refractivity contribution >= 4 is 11.9 Å². The van der Waals surface area contributed by atoms with Crippen LogP contribution in [0.4, 0.5) is 4.39 Å². The molecule has 1 amide bonds. The molecule has 2 N–H and O–H groups in total. The van der Waals surface area contributed by atoms with E-state index in [1.807, 2.05) is 6.07 Å². The minimum Gasteiger partial charge on any atom is -0.481 e. The second-order valence-corrected chi connectivity index (χ2v) is 5.30. The summed E-state index contributed by atoms with van der Waals surface area (Å²) in [5.41, 5.74) is 0.885. The first-order chi connectivity index (χ1) is 9.06. The molecule has 1 aromatic rings. The quantitative estimate of drug-likeness (QED) is 0.865. The van der Waals surface area contributed by atoms with Gasteiger partial charge < -0.3 is 10.4 Å². The number of carboxylic acid groups (broad SMARTS) is 1. The number of benzene rings is 1. The molecule has 2 aliphatic rings. The van der Waals surface area contributed by atoms with Crippen molar-refractivity contribution in [1.82, 2.24) is 5.32 Å². The maximum Gasteiger partial charge on any atom is 0.307 e. The monoisotopic (exact) mass is 263 g/mol. The Morgan fingerprint density at radius 3 is 2.68 bits per heavy atom. The van der Waals surface area contributed by atoms with Gasteiger partial charge in [-0.25, -0.2) is 4.39 Å². The largest absolute Gasteiger partial charge is 0.481 e. The van der Waals surface area contributed by atoms with Gasteiger partial charge in [-0.1, -0.05) is 12.1 Å². The number of carboxylic acids is 1. The second-order valence-electron chi connectivity index (χ2n) is 5.30. The summed E-state index contributed by atoms with van der Waals surface area (Å²) >= 11 is 0. The number of nitrogens with one attached hydrogen (secondary N) is 1. The first kappa shape index (κ1) is 12.1. The summed E-state index contributed by atoms with van der Waals surface area (Å²) in [5.74, 6) is -2.11. The molecule has 2 aliphatic carbocycles. The molecule has 100 valence electrons. The Balaban J connectivity index is 1.54. The minimum atomic E-state index is -0.905. The summed E-state index contributed by atoms with van der Waals surface area (Å²) < 4.78 is 13.1. The van der Waals surface area contributed by atoms with E-state index in [4.69, 9.17) is 5.11 Å². The van der Waals surface area contributed by atoms with E-state index < -0.39 is 11.9 Å². The molecule has 0 saturated heterocycles. The van der Waals surface area contributed by atoms with Crippen LogP contribution in [-0.2, 0) is 9.59 Å². The van der Waals surface area contributed by atoms with Gasteiger partial charge in [-0.3, -0.25) is 9.59 Å². The van der Waals surface area contributed by atoms with Gasteiger partial charge in [-0.2, -0.15) is 0 Å². The lowest BCUT2D eigenvalue weighted by Gasteiger charge is -2.04. The SMILES string of the molecule is O=C(O)C1CC1C(=O)NC1CC1c1cccc(F)c1. The highest BCUT2D eigenvalue weighted by atomic mass is 19.1. The van der Waals surface area contributed by atoms with Crippen LogP contribution in [0, 0.1) is 17.7 Å². The van der Waals surface area contributed by atoms with Gasteiger partial charge in [0.25, 0.3) is 0 Å². The molecule has 4 unspecified atom stereocenters. The first-order valence-electron chi connectivity index (χ1n) is 6.35. The molecular weight excluding hydrogens is 249 g/mol. The van der Waals surface area contributed by atoms with E-state index in [0.717, 1.165) is 12.0 Å². The lowest BCUT2D eigenvalue weighted by Crippen LogP contribution is -2.29. The lowest BCUT2D eigenvalue weighted by atomic mass is 10.1. The summed E-state index contributed by atoms with van der Waals surface area (Å²) in [6.45, 7) is 0. The van der Waals surface area contributed by atoms with Crippen LogP contribution in [0.1, 0.15) is 24.3 Å². The zero-order valence-corrected chi connectivity index (χ0v) is 10.2. The van der Waals surface area contributed by atoms with Crippen molar-refractivity contribution in [3.8, 4) is 0 Å². The third-order valence-corrected chi connectivity index (χ3v) is 3.84. The van der Waals surface area contributed by atoms with Crippen molar-refractivity contribution in [2.24, 2.45) is 11.8 Å². The van der Waals surface area contributed by atoms with Gasteiger partial charge in [0.1, 0.15) is 5.82 Å². The van der Waals surface area contributed by atoms with Crippen LogP contribution < -0.4 is 5.32 Å². The van der Waals surface area contributed by atoms with Gasteiger partial charge in [-0.15, -0.1) is 0 Å². The molecule has 5 heteroatoms. The molecular formula is C14H14FNO3. The highest BCUT2D eigenvalue weighted by Crippen LogP contribution is 2.43. The number of aliphatic carboxylic acids is 1. The third kappa shape index (κ3) is 2.45. The van der Waals surface area contributed by atoms with E-state index in [-0.39, 0.29) is 29.6 Å². The number of hydrogen-bond donors (Lipinski definition) is 2. The molecule has 0 heterocycles. The summed E-state index contributed by atoms with van der Waals surface area (Å²) in [6, 6.07) is 6.39. The molecule has 0 aliphatic heterocycles. The molecule has 2 saturated carbocycles. The number of carbonyl (C=O) groups is 2. The zero-order valence-electron chi connectivity index (χ0n) is 10.2. The van der Waals surface area contributed by atoms with E-state index in [1.165, 1.54) is 12.1 Å². The number of carbonyl (C=O) groups excluding carboxylic acids is 1. The van der Waals surface area contributed by atoms with Gasteiger partial charge in [0.2, 0.25) is 5.91 Å². The van der Waals surface area contributed by atoms with Crippen LogP contribution >= 0.6 is 0 Å².